The molecule has 1 fully saturated rings. The fourth-order valence-corrected chi connectivity index (χ4v) is 3.74. The summed E-state index contributed by atoms with van der Waals surface area (Å²) in [6.07, 6.45) is 1.18. The van der Waals surface area contributed by atoms with Crippen molar-refractivity contribution in [2.24, 2.45) is 5.92 Å². The summed E-state index contributed by atoms with van der Waals surface area (Å²) in [6.45, 7) is 13.5. The summed E-state index contributed by atoms with van der Waals surface area (Å²) in [5.74, 6) is 1.86. The predicted octanol–water partition coefficient (Wildman–Crippen LogP) is 3.81. The Balaban J connectivity index is 2.28. The van der Waals surface area contributed by atoms with E-state index in [0.29, 0.717) is 12.0 Å². The highest BCUT2D eigenvalue weighted by Crippen LogP contribution is 2.40. The molecule has 1 atom stereocenters. The molecule has 1 aliphatic heterocycles. The predicted molar refractivity (Wildman–Crippen MR) is 88.9 cm³/mol. The van der Waals surface area contributed by atoms with Gasteiger partial charge in [-0.25, -0.2) is 4.98 Å². The van der Waals surface area contributed by atoms with Gasteiger partial charge in [-0.2, -0.15) is 0 Å². The maximum atomic E-state index is 5.09. The van der Waals surface area contributed by atoms with Crippen LogP contribution in [0.3, 0.4) is 0 Å². The largest absolute Gasteiger partial charge is 0.325 e. The van der Waals surface area contributed by atoms with Crippen LogP contribution in [-0.2, 0) is 5.41 Å². The van der Waals surface area contributed by atoms with Gasteiger partial charge in [0, 0.05) is 18.0 Å². The summed E-state index contributed by atoms with van der Waals surface area (Å²) in [5, 5.41) is 3.56. The number of fused-ring (bicyclic) bond motifs is 1. The molecular formula is C18H27N3. The molecule has 0 amide bonds. The van der Waals surface area contributed by atoms with Crippen molar-refractivity contribution in [3.63, 3.8) is 0 Å². The zero-order valence-corrected chi connectivity index (χ0v) is 13.9. The monoisotopic (exact) mass is 285 g/mol. The molecule has 1 unspecified atom stereocenters. The molecule has 1 aliphatic rings. The third kappa shape index (κ3) is 2.18. The van der Waals surface area contributed by atoms with Crippen molar-refractivity contribution >= 4 is 11.0 Å². The standard InChI is InChI=1S/C18H27N3/c1-12(2)18(8-9-19-11-18)17-20-15-10-14(5)6-7-16(15)21(17)13(3)4/h6-7,10,12-13,19H,8-9,11H2,1-5H3. The van der Waals surface area contributed by atoms with E-state index < -0.39 is 0 Å². The first-order valence-corrected chi connectivity index (χ1v) is 8.15. The molecule has 3 rings (SSSR count). The zero-order valence-electron chi connectivity index (χ0n) is 13.9. The molecule has 0 bridgehead atoms. The van der Waals surface area contributed by atoms with Crippen LogP contribution in [0.1, 0.15) is 51.5 Å². The lowest BCUT2D eigenvalue weighted by Crippen LogP contribution is -2.38. The van der Waals surface area contributed by atoms with E-state index in [4.69, 9.17) is 4.98 Å². The van der Waals surface area contributed by atoms with E-state index in [2.05, 4.69) is 62.7 Å². The minimum absolute atomic E-state index is 0.164. The highest BCUT2D eigenvalue weighted by Gasteiger charge is 2.43. The van der Waals surface area contributed by atoms with Crippen LogP contribution in [0.2, 0.25) is 0 Å². The fraction of sp³-hybridized carbons (Fsp3) is 0.611. The van der Waals surface area contributed by atoms with Gasteiger partial charge >= 0.3 is 0 Å². The van der Waals surface area contributed by atoms with Crippen molar-refractivity contribution < 1.29 is 0 Å². The summed E-state index contributed by atoms with van der Waals surface area (Å²) in [5.41, 5.74) is 3.87. The van der Waals surface area contributed by atoms with E-state index >= 15 is 0 Å². The van der Waals surface area contributed by atoms with Gasteiger partial charge in [-0.3, -0.25) is 0 Å². The summed E-state index contributed by atoms with van der Waals surface area (Å²) in [7, 11) is 0. The first-order chi connectivity index (χ1) is 9.95. The molecule has 3 heteroatoms. The normalized spacial score (nSPS) is 22.8. The van der Waals surface area contributed by atoms with Crippen LogP contribution in [0.5, 0.6) is 0 Å². The van der Waals surface area contributed by atoms with Gasteiger partial charge in [-0.1, -0.05) is 19.9 Å². The lowest BCUT2D eigenvalue weighted by atomic mass is 9.75. The van der Waals surface area contributed by atoms with Crippen molar-refractivity contribution in [1.82, 2.24) is 14.9 Å². The number of benzene rings is 1. The van der Waals surface area contributed by atoms with Crippen molar-refractivity contribution in [3.05, 3.63) is 29.6 Å². The lowest BCUT2D eigenvalue weighted by molar-refractivity contribution is 0.302. The molecule has 2 heterocycles. The van der Waals surface area contributed by atoms with Crippen LogP contribution in [0.25, 0.3) is 11.0 Å². The van der Waals surface area contributed by atoms with E-state index in [0.717, 1.165) is 18.6 Å². The van der Waals surface area contributed by atoms with Crippen molar-refractivity contribution in [2.75, 3.05) is 13.1 Å². The average molecular weight is 285 g/mol. The molecule has 1 aromatic carbocycles. The smallest absolute Gasteiger partial charge is 0.117 e. The van der Waals surface area contributed by atoms with E-state index in [9.17, 15) is 0 Å². The molecule has 0 aliphatic carbocycles. The van der Waals surface area contributed by atoms with Gasteiger partial charge in [0.15, 0.2) is 0 Å². The molecule has 1 saturated heterocycles. The maximum Gasteiger partial charge on any atom is 0.117 e. The summed E-state index contributed by atoms with van der Waals surface area (Å²) in [6, 6.07) is 7.08. The molecule has 0 radical (unpaired) electrons. The Kier molecular flexibility index (Phi) is 3.56. The summed E-state index contributed by atoms with van der Waals surface area (Å²) in [4.78, 5) is 5.09. The van der Waals surface area contributed by atoms with Gasteiger partial charge in [-0.15, -0.1) is 0 Å². The summed E-state index contributed by atoms with van der Waals surface area (Å²) < 4.78 is 2.46. The molecule has 0 spiro atoms. The van der Waals surface area contributed by atoms with Crippen LogP contribution in [0.4, 0.5) is 0 Å². The Labute approximate surface area is 127 Å². The quantitative estimate of drug-likeness (QED) is 0.929. The molecule has 21 heavy (non-hydrogen) atoms. The number of hydrogen-bond acceptors (Lipinski definition) is 2. The van der Waals surface area contributed by atoms with Gasteiger partial charge in [0.1, 0.15) is 5.82 Å². The number of aryl methyl sites for hydroxylation is 1. The van der Waals surface area contributed by atoms with Crippen LogP contribution < -0.4 is 5.32 Å². The second-order valence-corrected chi connectivity index (χ2v) is 7.13. The van der Waals surface area contributed by atoms with Crippen LogP contribution >= 0.6 is 0 Å². The Morgan fingerprint density at radius 3 is 2.57 bits per heavy atom. The van der Waals surface area contributed by atoms with Gasteiger partial charge < -0.3 is 9.88 Å². The third-order valence-electron chi connectivity index (χ3n) is 5.10. The second-order valence-electron chi connectivity index (χ2n) is 7.13. The van der Waals surface area contributed by atoms with Crippen LogP contribution in [-0.4, -0.2) is 22.6 Å². The molecule has 0 saturated carbocycles. The van der Waals surface area contributed by atoms with E-state index in [1.54, 1.807) is 0 Å². The van der Waals surface area contributed by atoms with E-state index in [-0.39, 0.29) is 5.41 Å². The van der Waals surface area contributed by atoms with E-state index in [1.807, 2.05) is 0 Å². The van der Waals surface area contributed by atoms with E-state index in [1.165, 1.54) is 23.3 Å². The molecule has 2 aromatic rings. The van der Waals surface area contributed by atoms with Gasteiger partial charge in [0.2, 0.25) is 0 Å². The van der Waals surface area contributed by atoms with Crippen molar-refractivity contribution in [2.45, 2.75) is 52.5 Å². The minimum Gasteiger partial charge on any atom is -0.325 e. The Morgan fingerprint density at radius 2 is 2.00 bits per heavy atom. The zero-order chi connectivity index (χ0) is 15.2. The number of imidazole rings is 1. The molecule has 1 N–H and O–H groups in total. The highest BCUT2D eigenvalue weighted by molar-refractivity contribution is 5.77. The maximum absolute atomic E-state index is 5.09. The molecule has 3 nitrogen and oxygen atoms in total. The fourth-order valence-electron chi connectivity index (χ4n) is 3.74. The van der Waals surface area contributed by atoms with Crippen molar-refractivity contribution in [3.8, 4) is 0 Å². The van der Waals surface area contributed by atoms with Crippen LogP contribution in [0, 0.1) is 12.8 Å². The molecule has 1 aromatic heterocycles. The number of nitrogens with zero attached hydrogens (tertiary/aromatic N) is 2. The topological polar surface area (TPSA) is 29.9 Å². The highest BCUT2D eigenvalue weighted by atomic mass is 15.1. The van der Waals surface area contributed by atoms with Gasteiger partial charge in [-0.05, 0) is 57.4 Å². The number of rotatable bonds is 3. The van der Waals surface area contributed by atoms with Gasteiger partial charge in [0.05, 0.1) is 11.0 Å². The minimum atomic E-state index is 0.164. The lowest BCUT2D eigenvalue weighted by Gasteiger charge is -2.33. The third-order valence-corrected chi connectivity index (χ3v) is 5.10. The summed E-state index contributed by atoms with van der Waals surface area (Å²) >= 11 is 0. The second kappa shape index (κ2) is 5.13. The Hall–Kier alpha value is -1.35. The first-order valence-electron chi connectivity index (χ1n) is 8.15. The van der Waals surface area contributed by atoms with Gasteiger partial charge in [0.25, 0.3) is 0 Å². The molecular weight excluding hydrogens is 258 g/mol. The SMILES string of the molecule is Cc1ccc2c(c1)nc(C1(C(C)C)CCNC1)n2C(C)C. The number of aromatic nitrogens is 2. The van der Waals surface area contributed by atoms with Crippen molar-refractivity contribution in [1.29, 1.82) is 0 Å². The average Bonchev–Trinajstić information content (AvgIpc) is 3.02. The van der Waals surface area contributed by atoms with Crippen LogP contribution in [0.15, 0.2) is 18.2 Å². The Bertz CT molecular complexity index is 646. The number of nitrogens with one attached hydrogen (secondary N) is 1. The molecule has 114 valence electrons. The first kappa shape index (κ1) is 14.6. The Morgan fingerprint density at radius 1 is 1.24 bits per heavy atom. The number of hydrogen-bond donors (Lipinski definition) is 1.